The molecule has 1 aromatic rings. The third kappa shape index (κ3) is 4.89. The molecule has 98 valence electrons. The molecule has 0 spiro atoms. The van der Waals surface area contributed by atoms with E-state index in [0.29, 0.717) is 0 Å². The summed E-state index contributed by atoms with van der Waals surface area (Å²) in [6.45, 7) is 3.44. The van der Waals surface area contributed by atoms with Crippen LogP contribution in [-0.2, 0) is 16.0 Å². The Kier molecular flexibility index (Phi) is 5.87. The van der Waals surface area contributed by atoms with Crippen LogP contribution < -0.4 is 5.32 Å². The zero-order valence-electron chi connectivity index (χ0n) is 9.39. The van der Waals surface area contributed by atoms with Gasteiger partial charge < -0.3 is 15.2 Å². The van der Waals surface area contributed by atoms with Gasteiger partial charge in [-0.25, -0.2) is 9.59 Å². The van der Waals surface area contributed by atoms with Gasteiger partial charge in [0.15, 0.2) is 0 Å². The molecule has 1 unspecified atom stereocenters. The topological polar surface area (TPSA) is 75.6 Å². The third-order valence-electron chi connectivity index (χ3n) is 1.98. The molecule has 0 saturated heterocycles. The van der Waals surface area contributed by atoms with Gasteiger partial charge in [0.2, 0.25) is 0 Å². The minimum atomic E-state index is -1.10. The predicted molar refractivity (Wildman–Crippen MR) is 71.8 cm³/mol. The lowest BCUT2D eigenvalue weighted by molar-refractivity contribution is -0.139. The lowest BCUT2D eigenvalue weighted by atomic mass is 10.1. The van der Waals surface area contributed by atoms with Crippen molar-refractivity contribution in [2.45, 2.75) is 12.5 Å². The number of thiophene rings is 1. The summed E-state index contributed by atoms with van der Waals surface area (Å²) in [6.07, 6.45) is 0.850. The molecule has 0 saturated carbocycles. The van der Waals surface area contributed by atoms with Gasteiger partial charge in [-0.05, 0) is 32.9 Å². The number of carbonyl (C=O) groups is 2. The Bertz CT molecular complexity index is 446. The van der Waals surface area contributed by atoms with Crippen molar-refractivity contribution < 1.29 is 19.4 Å². The molecule has 1 amide bonds. The minimum Gasteiger partial charge on any atom is -0.480 e. The fourth-order valence-electron chi connectivity index (χ4n) is 1.21. The molecule has 0 aliphatic carbocycles. The number of halogens is 1. The van der Waals surface area contributed by atoms with Crippen molar-refractivity contribution in [3.05, 3.63) is 33.5 Å². The first-order valence-corrected chi connectivity index (χ1v) is 6.70. The van der Waals surface area contributed by atoms with Crippen LogP contribution in [0, 0.1) is 0 Å². The van der Waals surface area contributed by atoms with E-state index in [-0.39, 0.29) is 13.0 Å². The smallest absolute Gasteiger partial charge is 0.408 e. The summed E-state index contributed by atoms with van der Waals surface area (Å²) >= 11 is 4.75. The van der Waals surface area contributed by atoms with Crippen molar-refractivity contribution in [3.8, 4) is 0 Å². The van der Waals surface area contributed by atoms with Crippen LogP contribution in [0.3, 0.4) is 0 Å². The molecule has 7 heteroatoms. The fraction of sp³-hybridized carbons (Fsp3) is 0.273. The van der Waals surface area contributed by atoms with Crippen molar-refractivity contribution in [1.82, 2.24) is 5.32 Å². The van der Waals surface area contributed by atoms with Gasteiger partial charge in [-0.3, -0.25) is 0 Å². The highest BCUT2D eigenvalue weighted by Gasteiger charge is 2.21. The summed E-state index contributed by atoms with van der Waals surface area (Å²) in [6, 6.07) is 0.806. The summed E-state index contributed by atoms with van der Waals surface area (Å²) < 4.78 is 5.59. The number of alkyl carbamates (subject to hydrolysis) is 1. The van der Waals surface area contributed by atoms with Crippen LogP contribution in [0.2, 0.25) is 0 Å². The number of nitrogens with one attached hydrogen (secondary N) is 1. The highest BCUT2D eigenvalue weighted by atomic mass is 79.9. The fourth-order valence-corrected chi connectivity index (χ4v) is 2.43. The van der Waals surface area contributed by atoms with E-state index in [1.807, 2.05) is 11.4 Å². The molecule has 1 heterocycles. The van der Waals surface area contributed by atoms with Crippen LogP contribution in [0.1, 0.15) is 5.56 Å². The Morgan fingerprint density at radius 1 is 1.67 bits per heavy atom. The Balaban J connectivity index is 2.57. The molecule has 1 rings (SSSR count). The molecule has 5 nitrogen and oxygen atoms in total. The monoisotopic (exact) mass is 333 g/mol. The van der Waals surface area contributed by atoms with Crippen molar-refractivity contribution in [2.75, 3.05) is 6.61 Å². The molecule has 0 fully saturated rings. The zero-order chi connectivity index (χ0) is 13.5. The lowest BCUT2D eigenvalue weighted by Gasteiger charge is -2.13. The van der Waals surface area contributed by atoms with E-state index in [1.54, 1.807) is 0 Å². The average molecular weight is 334 g/mol. The van der Waals surface area contributed by atoms with Gasteiger partial charge in [0.25, 0.3) is 0 Å². The highest BCUT2D eigenvalue weighted by molar-refractivity contribution is 9.11. The van der Waals surface area contributed by atoms with Crippen LogP contribution in [-0.4, -0.2) is 29.8 Å². The average Bonchev–Trinajstić information content (AvgIpc) is 2.71. The Labute approximate surface area is 117 Å². The minimum absolute atomic E-state index is 0.0438. The number of amides is 1. The van der Waals surface area contributed by atoms with E-state index < -0.39 is 18.1 Å². The predicted octanol–water partition coefficient (Wildman–Crippen LogP) is 2.42. The van der Waals surface area contributed by atoms with Crippen molar-refractivity contribution in [3.63, 3.8) is 0 Å². The molecule has 18 heavy (non-hydrogen) atoms. The van der Waals surface area contributed by atoms with Gasteiger partial charge in [-0.15, -0.1) is 11.3 Å². The maximum absolute atomic E-state index is 11.3. The van der Waals surface area contributed by atoms with Gasteiger partial charge in [0, 0.05) is 6.42 Å². The first kappa shape index (κ1) is 14.7. The lowest BCUT2D eigenvalue weighted by Crippen LogP contribution is -2.42. The summed E-state index contributed by atoms with van der Waals surface area (Å²) in [4.78, 5) is 22.3. The normalized spacial score (nSPS) is 11.6. The molecule has 0 radical (unpaired) electrons. The number of aliphatic carboxylic acids is 1. The van der Waals surface area contributed by atoms with Crippen LogP contribution >= 0.6 is 27.3 Å². The van der Waals surface area contributed by atoms with Crippen molar-refractivity contribution >= 4 is 39.3 Å². The van der Waals surface area contributed by atoms with E-state index in [4.69, 9.17) is 5.11 Å². The Morgan fingerprint density at radius 3 is 2.89 bits per heavy atom. The third-order valence-corrected chi connectivity index (χ3v) is 3.54. The van der Waals surface area contributed by atoms with Gasteiger partial charge in [0.05, 0.1) is 3.79 Å². The number of carbonyl (C=O) groups excluding carboxylic acids is 1. The largest absolute Gasteiger partial charge is 0.480 e. The maximum atomic E-state index is 11.3. The second kappa shape index (κ2) is 7.17. The number of carboxylic acids is 1. The molecule has 1 aromatic heterocycles. The molecule has 0 aromatic carbocycles. The number of carboxylic acid groups (broad SMARTS) is 1. The van der Waals surface area contributed by atoms with E-state index in [9.17, 15) is 9.59 Å². The van der Waals surface area contributed by atoms with E-state index in [1.165, 1.54) is 17.4 Å². The van der Waals surface area contributed by atoms with Gasteiger partial charge in [0.1, 0.15) is 12.6 Å². The molecule has 0 aliphatic rings. The molecule has 2 N–H and O–H groups in total. The number of ether oxygens (including phenoxy) is 1. The van der Waals surface area contributed by atoms with Crippen LogP contribution in [0.5, 0.6) is 0 Å². The standard InChI is InChI=1S/C11H12BrNO4S/c1-2-3-17-11(16)13-8(10(14)15)4-7-5-9(12)18-6-7/h2,5-6,8H,1,3-4H2,(H,13,16)(H,14,15). The molecule has 1 atom stereocenters. The van der Waals surface area contributed by atoms with Crippen LogP contribution in [0.25, 0.3) is 0 Å². The van der Waals surface area contributed by atoms with Gasteiger partial charge in [-0.1, -0.05) is 12.7 Å². The van der Waals surface area contributed by atoms with Crippen LogP contribution in [0.4, 0.5) is 4.79 Å². The molecule has 0 aliphatic heterocycles. The first-order chi connectivity index (χ1) is 8.52. The van der Waals surface area contributed by atoms with E-state index in [2.05, 4.69) is 32.6 Å². The number of rotatable bonds is 6. The van der Waals surface area contributed by atoms with E-state index >= 15 is 0 Å². The Morgan fingerprint density at radius 2 is 2.39 bits per heavy atom. The molecular weight excluding hydrogens is 322 g/mol. The highest BCUT2D eigenvalue weighted by Crippen LogP contribution is 2.21. The first-order valence-electron chi connectivity index (χ1n) is 5.03. The summed E-state index contributed by atoms with van der Waals surface area (Å²) in [5, 5.41) is 13.1. The second-order valence-corrected chi connectivity index (χ2v) is 5.68. The van der Waals surface area contributed by atoms with Crippen LogP contribution in [0.15, 0.2) is 27.9 Å². The quantitative estimate of drug-likeness (QED) is 0.784. The second-order valence-electron chi connectivity index (χ2n) is 3.39. The number of hydrogen-bond acceptors (Lipinski definition) is 4. The summed E-state index contributed by atoms with van der Waals surface area (Å²) in [5.41, 5.74) is 0.836. The van der Waals surface area contributed by atoms with Gasteiger partial charge in [-0.2, -0.15) is 0 Å². The van der Waals surface area contributed by atoms with Gasteiger partial charge >= 0.3 is 12.1 Å². The van der Waals surface area contributed by atoms with E-state index in [0.717, 1.165) is 9.35 Å². The molecule has 0 bridgehead atoms. The number of hydrogen-bond donors (Lipinski definition) is 2. The molecular formula is C11H12BrNO4S. The van der Waals surface area contributed by atoms with Crippen molar-refractivity contribution in [2.24, 2.45) is 0 Å². The SMILES string of the molecule is C=CCOC(=O)NC(Cc1csc(Br)c1)C(=O)O. The zero-order valence-corrected chi connectivity index (χ0v) is 11.8. The summed E-state index contributed by atoms with van der Waals surface area (Å²) in [5.74, 6) is -1.10. The Hall–Kier alpha value is -1.34. The van der Waals surface area contributed by atoms with Crippen molar-refractivity contribution in [1.29, 1.82) is 0 Å². The maximum Gasteiger partial charge on any atom is 0.408 e. The summed E-state index contributed by atoms with van der Waals surface area (Å²) in [7, 11) is 0.